The molecule has 0 spiro atoms. The van der Waals surface area contributed by atoms with Crippen LogP contribution in [0.25, 0.3) is 0 Å². The average Bonchev–Trinajstić information content (AvgIpc) is 2.53. The van der Waals surface area contributed by atoms with Crippen molar-refractivity contribution >= 4 is 0 Å². The summed E-state index contributed by atoms with van der Waals surface area (Å²) in [5, 5.41) is 9.07. The summed E-state index contributed by atoms with van der Waals surface area (Å²) in [5.41, 5.74) is 0. The Hall–Kier alpha value is -0.0800. The van der Waals surface area contributed by atoms with Gasteiger partial charge in [-0.15, -0.1) is 0 Å². The van der Waals surface area contributed by atoms with E-state index in [9.17, 15) is 0 Å². The van der Waals surface area contributed by atoms with Crippen LogP contribution in [0.1, 0.15) is 57.8 Å². The van der Waals surface area contributed by atoms with E-state index >= 15 is 0 Å². The summed E-state index contributed by atoms with van der Waals surface area (Å²) in [5.74, 6) is 0. The molecule has 0 radical (unpaired) electrons. The quantitative estimate of drug-likeness (QED) is 0.725. The van der Waals surface area contributed by atoms with Crippen LogP contribution in [-0.4, -0.2) is 35.2 Å². The molecule has 2 nitrogen and oxygen atoms in total. The van der Waals surface area contributed by atoms with Crippen LogP contribution < -0.4 is 0 Å². The molecular formula is C13H25NO. The van der Waals surface area contributed by atoms with Gasteiger partial charge in [-0.3, -0.25) is 4.90 Å². The molecule has 1 heterocycles. The maximum atomic E-state index is 9.07. The molecule has 1 aliphatic carbocycles. The molecule has 1 saturated heterocycles. The fourth-order valence-electron chi connectivity index (χ4n) is 3.39. The van der Waals surface area contributed by atoms with Gasteiger partial charge in [-0.05, 0) is 38.6 Å². The molecule has 2 heteroatoms. The van der Waals surface area contributed by atoms with Gasteiger partial charge in [-0.2, -0.15) is 0 Å². The first-order valence-electron chi connectivity index (χ1n) is 6.78. The molecule has 0 bridgehead atoms. The third-order valence-electron chi connectivity index (χ3n) is 4.18. The number of likely N-dealkylation sites (tertiary alicyclic amines) is 1. The van der Waals surface area contributed by atoms with Crippen LogP contribution in [0.2, 0.25) is 0 Å². The summed E-state index contributed by atoms with van der Waals surface area (Å²) < 4.78 is 0. The molecule has 0 aromatic rings. The minimum absolute atomic E-state index is 0.369. The molecule has 0 aromatic heterocycles. The SMILES string of the molecule is OCCC1CCCN1C1CCCCCC1. The van der Waals surface area contributed by atoms with Gasteiger partial charge in [0.2, 0.25) is 0 Å². The summed E-state index contributed by atoms with van der Waals surface area (Å²) in [6.45, 7) is 1.66. The molecular weight excluding hydrogens is 186 g/mol. The van der Waals surface area contributed by atoms with Gasteiger partial charge in [0, 0.05) is 18.7 Å². The lowest BCUT2D eigenvalue weighted by Crippen LogP contribution is -2.39. The van der Waals surface area contributed by atoms with Gasteiger partial charge in [-0.25, -0.2) is 0 Å². The highest BCUT2D eigenvalue weighted by atomic mass is 16.3. The van der Waals surface area contributed by atoms with Gasteiger partial charge in [0.15, 0.2) is 0 Å². The van der Waals surface area contributed by atoms with E-state index in [-0.39, 0.29) is 0 Å². The Balaban J connectivity index is 1.89. The zero-order valence-corrected chi connectivity index (χ0v) is 9.83. The van der Waals surface area contributed by atoms with Crippen molar-refractivity contribution in [3.8, 4) is 0 Å². The molecule has 1 saturated carbocycles. The smallest absolute Gasteiger partial charge is 0.0445 e. The number of hydrogen-bond acceptors (Lipinski definition) is 2. The number of aliphatic hydroxyl groups excluding tert-OH is 1. The highest BCUT2D eigenvalue weighted by Crippen LogP contribution is 2.29. The van der Waals surface area contributed by atoms with Crippen LogP contribution in [0.4, 0.5) is 0 Å². The van der Waals surface area contributed by atoms with Crippen LogP contribution in [0.3, 0.4) is 0 Å². The topological polar surface area (TPSA) is 23.5 Å². The molecule has 0 aromatic carbocycles. The van der Waals surface area contributed by atoms with Gasteiger partial charge in [-0.1, -0.05) is 25.7 Å². The Bertz CT molecular complexity index is 175. The van der Waals surface area contributed by atoms with Gasteiger partial charge in [0.1, 0.15) is 0 Å². The van der Waals surface area contributed by atoms with Crippen molar-refractivity contribution in [2.24, 2.45) is 0 Å². The second-order valence-corrected chi connectivity index (χ2v) is 5.19. The molecule has 1 unspecified atom stereocenters. The Morgan fingerprint density at radius 1 is 0.933 bits per heavy atom. The minimum atomic E-state index is 0.369. The van der Waals surface area contributed by atoms with Crippen LogP contribution in [0, 0.1) is 0 Å². The van der Waals surface area contributed by atoms with Crippen molar-refractivity contribution in [1.29, 1.82) is 0 Å². The first-order valence-corrected chi connectivity index (χ1v) is 6.78. The number of aliphatic hydroxyl groups is 1. The maximum absolute atomic E-state index is 9.07. The lowest BCUT2D eigenvalue weighted by atomic mass is 10.0. The molecule has 1 aliphatic heterocycles. The number of rotatable bonds is 3. The predicted octanol–water partition coefficient (Wildman–Crippen LogP) is 2.56. The molecule has 0 amide bonds. The van der Waals surface area contributed by atoms with Crippen molar-refractivity contribution in [3.05, 3.63) is 0 Å². The Morgan fingerprint density at radius 3 is 2.33 bits per heavy atom. The van der Waals surface area contributed by atoms with Gasteiger partial charge >= 0.3 is 0 Å². The van der Waals surface area contributed by atoms with E-state index in [1.807, 2.05) is 0 Å². The van der Waals surface area contributed by atoms with Crippen molar-refractivity contribution in [1.82, 2.24) is 4.90 Å². The zero-order valence-electron chi connectivity index (χ0n) is 9.83. The fourth-order valence-corrected chi connectivity index (χ4v) is 3.39. The lowest BCUT2D eigenvalue weighted by Gasteiger charge is -2.32. The summed E-state index contributed by atoms with van der Waals surface area (Å²) in [6, 6.07) is 1.53. The monoisotopic (exact) mass is 211 g/mol. The first-order chi connectivity index (χ1) is 7.42. The summed E-state index contributed by atoms with van der Waals surface area (Å²) in [6.07, 6.45) is 12.2. The maximum Gasteiger partial charge on any atom is 0.0445 e. The van der Waals surface area contributed by atoms with E-state index in [0.717, 1.165) is 12.5 Å². The molecule has 2 aliphatic rings. The lowest BCUT2D eigenvalue weighted by molar-refractivity contribution is 0.137. The highest BCUT2D eigenvalue weighted by Gasteiger charge is 2.30. The number of hydrogen-bond donors (Lipinski definition) is 1. The summed E-state index contributed by atoms with van der Waals surface area (Å²) in [7, 11) is 0. The highest BCUT2D eigenvalue weighted by molar-refractivity contribution is 4.85. The summed E-state index contributed by atoms with van der Waals surface area (Å²) >= 11 is 0. The molecule has 2 rings (SSSR count). The first kappa shape index (κ1) is 11.4. The average molecular weight is 211 g/mol. The van der Waals surface area contributed by atoms with E-state index in [0.29, 0.717) is 12.6 Å². The van der Waals surface area contributed by atoms with Crippen molar-refractivity contribution in [2.45, 2.75) is 69.9 Å². The Labute approximate surface area is 93.7 Å². The van der Waals surface area contributed by atoms with E-state index < -0.39 is 0 Å². The van der Waals surface area contributed by atoms with Gasteiger partial charge < -0.3 is 5.11 Å². The van der Waals surface area contributed by atoms with Crippen molar-refractivity contribution < 1.29 is 5.11 Å². The molecule has 2 fully saturated rings. The normalized spacial score (nSPS) is 30.6. The van der Waals surface area contributed by atoms with E-state index in [1.54, 1.807) is 0 Å². The van der Waals surface area contributed by atoms with Gasteiger partial charge in [0.25, 0.3) is 0 Å². The van der Waals surface area contributed by atoms with E-state index in [4.69, 9.17) is 5.11 Å². The standard InChI is InChI=1S/C13H25NO/c15-11-9-13-8-5-10-14(13)12-6-3-1-2-4-7-12/h12-13,15H,1-11H2. The molecule has 1 N–H and O–H groups in total. The van der Waals surface area contributed by atoms with E-state index in [2.05, 4.69) is 4.90 Å². The van der Waals surface area contributed by atoms with Crippen LogP contribution in [0.15, 0.2) is 0 Å². The zero-order chi connectivity index (χ0) is 10.5. The van der Waals surface area contributed by atoms with Gasteiger partial charge in [0.05, 0.1) is 0 Å². The second-order valence-electron chi connectivity index (χ2n) is 5.19. The van der Waals surface area contributed by atoms with E-state index in [1.165, 1.54) is 57.9 Å². The van der Waals surface area contributed by atoms with Crippen LogP contribution >= 0.6 is 0 Å². The Kier molecular flexibility index (Phi) is 4.45. The Morgan fingerprint density at radius 2 is 1.67 bits per heavy atom. The largest absolute Gasteiger partial charge is 0.396 e. The number of nitrogens with zero attached hydrogens (tertiary/aromatic N) is 1. The third-order valence-corrected chi connectivity index (χ3v) is 4.18. The third kappa shape index (κ3) is 2.94. The molecule has 1 atom stereocenters. The summed E-state index contributed by atoms with van der Waals surface area (Å²) in [4.78, 5) is 2.71. The van der Waals surface area contributed by atoms with Crippen molar-refractivity contribution in [2.75, 3.05) is 13.2 Å². The molecule has 88 valence electrons. The van der Waals surface area contributed by atoms with Crippen molar-refractivity contribution in [3.63, 3.8) is 0 Å². The molecule has 15 heavy (non-hydrogen) atoms. The predicted molar refractivity (Wildman–Crippen MR) is 62.9 cm³/mol. The van der Waals surface area contributed by atoms with Crippen LogP contribution in [0.5, 0.6) is 0 Å². The fraction of sp³-hybridized carbons (Fsp3) is 1.00. The van der Waals surface area contributed by atoms with Crippen LogP contribution in [-0.2, 0) is 0 Å². The second kappa shape index (κ2) is 5.86. The minimum Gasteiger partial charge on any atom is -0.396 e.